The van der Waals surface area contributed by atoms with Gasteiger partial charge in [0.2, 0.25) is 0 Å². The lowest BCUT2D eigenvalue weighted by molar-refractivity contribution is 0.111. The Morgan fingerprint density at radius 2 is 2.27 bits per heavy atom. The molecule has 0 unspecified atom stereocenters. The fraction of sp³-hybridized carbons (Fsp3) is 0.636. The molecule has 82 valence electrons. The summed E-state index contributed by atoms with van der Waals surface area (Å²) in [5.74, 6) is 1.83. The van der Waals surface area contributed by atoms with Crippen LogP contribution in [0.4, 0.5) is 0 Å². The molecule has 1 aromatic rings. The molecule has 0 atom stereocenters. The van der Waals surface area contributed by atoms with Crippen molar-refractivity contribution in [3.8, 4) is 0 Å². The van der Waals surface area contributed by atoms with E-state index in [0.29, 0.717) is 5.69 Å². The van der Waals surface area contributed by atoms with Gasteiger partial charge in [0.05, 0.1) is 17.6 Å². The normalized spacial score (nSPS) is 17.9. The summed E-state index contributed by atoms with van der Waals surface area (Å²) in [5.41, 5.74) is 0.578. The zero-order chi connectivity index (χ0) is 10.5. The first kappa shape index (κ1) is 10.7. The summed E-state index contributed by atoms with van der Waals surface area (Å²) in [5, 5.41) is 0.795. The van der Waals surface area contributed by atoms with E-state index in [1.165, 1.54) is 32.1 Å². The highest BCUT2D eigenvalue weighted by atomic mass is 32.2. The topological polar surface area (TPSA) is 45.8 Å². The van der Waals surface area contributed by atoms with Crippen LogP contribution >= 0.6 is 11.8 Å². The summed E-state index contributed by atoms with van der Waals surface area (Å²) in [6, 6.07) is 0. The molecule has 1 aliphatic rings. The van der Waals surface area contributed by atoms with E-state index >= 15 is 0 Å². The molecular formula is C11H16N2OS. The highest BCUT2D eigenvalue weighted by Crippen LogP contribution is 2.29. The van der Waals surface area contributed by atoms with Gasteiger partial charge in [0.25, 0.3) is 0 Å². The molecule has 1 heterocycles. The highest BCUT2D eigenvalue weighted by molar-refractivity contribution is 7.99. The Balaban J connectivity index is 1.79. The van der Waals surface area contributed by atoms with E-state index in [4.69, 9.17) is 0 Å². The zero-order valence-electron chi connectivity index (χ0n) is 8.74. The van der Waals surface area contributed by atoms with Crippen LogP contribution in [0.5, 0.6) is 0 Å². The number of aromatic nitrogens is 2. The molecule has 1 fully saturated rings. The lowest BCUT2D eigenvalue weighted by Gasteiger charge is -2.20. The second kappa shape index (κ2) is 5.35. The van der Waals surface area contributed by atoms with Crippen molar-refractivity contribution in [1.82, 2.24) is 9.97 Å². The minimum atomic E-state index is 0.578. The summed E-state index contributed by atoms with van der Waals surface area (Å²) < 4.78 is 0. The highest BCUT2D eigenvalue weighted by Gasteiger charge is 2.14. The maximum atomic E-state index is 10.4. The van der Waals surface area contributed by atoms with E-state index in [1.807, 2.05) is 11.8 Å². The van der Waals surface area contributed by atoms with E-state index in [-0.39, 0.29) is 0 Å². The van der Waals surface area contributed by atoms with Gasteiger partial charge in [0, 0.05) is 5.25 Å². The number of aromatic amines is 1. The number of hydrogen-bond acceptors (Lipinski definition) is 3. The van der Waals surface area contributed by atoms with E-state index < -0.39 is 0 Å². The van der Waals surface area contributed by atoms with Gasteiger partial charge in [-0.15, -0.1) is 0 Å². The molecule has 0 aromatic carbocycles. The van der Waals surface area contributed by atoms with Crippen molar-refractivity contribution in [2.75, 3.05) is 0 Å². The number of aldehydes is 1. The van der Waals surface area contributed by atoms with Crippen LogP contribution in [0, 0.1) is 0 Å². The number of imidazole rings is 1. The van der Waals surface area contributed by atoms with Crippen molar-refractivity contribution in [3.63, 3.8) is 0 Å². The summed E-state index contributed by atoms with van der Waals surface area (Å²) in [4.78, 5) is 17.6. The van der Waals surface area contributed by atoms with E-state index in [2.05, 4.69) is 9.97 Å². The number of hydrogen-bond donors (Lipinski definition) is 1. The van der Waals surface area contributed by atoms with Crippen LogP contribution in [0.1, 0.15) is 48.4 Å². The third kappa shape index (κ3) is 3.09. The molecule has 1 aliphatic carbocycles. The number of nitrogens with zero attached hydrogens (tertiary/aromatic N) is 1. The lowest BCUT2D eigenvalue weighted by Crippen LogP contribution is -2.08. The van der Waals surface area contributed by atoms with Gasteiger partial charge in [0.15, 0.2) is 6.29 Å². The minimum Gasteiger partial charge on any atom is -0.339 e. The molecule has 2 rings (SSSR count). The molecule has 0 amide bonds. The minimum absolute atomic E-state index is 0.578. The Kier molecular flexibility index (Phi) is 3.83. The summed E-state index contributed by atoms with van der Waals surface area (Å²) in [6.07, 6.45) is 9.22. The average molecular weight is 224 g/mol. The molecule has 0 spiro atoms. The summed E-state index contributed by atoms with van der Waals surface area (Å²) in [7, 11) is 0. The first-order valence-corrected chi connectivity index (χ1v) is 6.54. The van der Waals surface area contributed by atoms with Crippen LogP contribution in [0.3, 0.4) is 0 Å². The van der Waals surface area contributed by atoms with Crippen molar-refractivity contribution in [3.05, 3.63) is 17.7 Å². The quantitative estimate of drug-likeness (QED) is 0.800. The van der Waals surface area contributed by atoms with Crippen molar-refractivity contribution >= 4 is 18.0 Å². The predicted molar refractivity (Wildman–Crippen MR) is 62.1 cm³/mol. The Morgan fingerprint density at radius 1 is 1.47 bits per heavy atom. The van der Waals surface area contributed by atoms with Crippen molar-refractivity contribution in [2.45, 2.75) is 43.1 Å². The maximum Gasteiger partial charge on any atom is 0.167 e. The average Bonchev–Trinajstić information content (AvgIpc) is 2.76. The fourth-order valence-corrected chi connectivity index (χ4v) is 3.15. The number of nitrogens with one attached hydrogen (secondary N) is 1. The molecule has 1 saturated carbocycles. The SMILES string of the molecule is O=Cc1cnc(CSC2CCCCC2)[nH]1. The first-order valence-electron chi connectivity index (χ1n) is 5.49. The maximum absolute atomic E-state index is 10.4. The second-order valence-electron chi connectivity index (χ2n) is 3.97. The Bertz CT molecular complexity index is 318. The molecule has 1 aromatic heterocycles. The molecule has 3 nitrogen and oxygen atoms in total. The van der Waals surface area contributed by atoms with Crippen molar-refractivity contribution < 1.29 is 4.79 Å². The van der Waals surface area contributed by atoms with Gasteiger partial charge in [-0.3, -0.25) is 4.79 Å². The van der Waals surface area contributed by atoms with E-state index in [9.17, 15) is 4.79 Å². The van der Waals surface area contributed by atoms with Crippen LogP contribution < -0.4 is 0 Å². The van der Waals surface area contributed by atoms with Crippen LogP contribution in [-0.4, -0.2) is 21.5 Å². The van der Waals surface area contributed by atoms with Gasteiger partial charge in [-0.2, -0.15) is 11.8 Å². The third-order valence-electron chi connectivity index (χ3n) is 2.78. The number of H-pyrrole nitrogens is 1. The number of carbonyl (C=O) groups excluding carboxylic acids is 1. The van der Waals surface area contributed by atoms with Gasteiger partial charge in [-0.25, -0.2) is 4.98 Å². The number of thioether (sulfide) groups is 1. The molecule has 4 heteroatoms. The Morgan fingerprint density at radius 3 is 2.93 bits per heavy atom. The molecule has 15 heavy (non-hydrogen) atoms. The second-order valence-corrected chi connectivity index (χ2v) is 5.26. The van der Waals surface area contributed by atoms with E-state index in [0.717, 1.165) is 23.1 Å². The van der Waals surface area contributed by atoms with Gasteiger partial charge >= 0.3 is 0 Å². The standard InChI is InChI=1S/C11H16N2OS/c14-7-9-6-12-11(13-9)8-15-10-4-2-1-3-5-10/h6-7,10H,1-5,8H2,(H,12,13). The van der Waals surface area contributed by atoms with Gasteiger partial charge in [-0.05, 0) is 12.8 Å². The summed E-state index contributed by atoms with van der Waals surface area (Å²) in [6.45, 7) is 0. The van der Waals surface area contributed by atoms with Crippen LogP contribution in [0.15, 0.2) is 6.20 Å². The molecule has 0 bridgehead atoms. The number of carbonyl (C=O) groups is 1. The fourth-order valence-electron chi connectivity index (χ4n) is 1.94. The zero-order valence-corrected chi connectivity index (χ0v) is 9.55. The number of rotatable bonds is 4. The molecule has 0 aliphatic heterocycles. The first-order chi connectivity index (χ1) is 7.38. The molecule has 0 radical (unpaired) electrons. The predicted octanol–water partition coefficient (Wildman–Crippen LogP) is 2.79. The molecular weight excluding hydrogens is 208 g/mol. The lowest BCUT2D eigenvalue weighted by atomic mass is 10.0. The van der Waals surface area contributed by atoms with Crippen LogP contribution in [0.2, 0.25) is 0 Å². The van der Waals surface area contributed by atoms with Gasteiger partial charge in [0.1, 0.15) is 5.82 Å². The van der Waals surface area contributed by atoms with Crippen molar-refractivity contribution in [2.24, 2.45) is 0 Å². The van der Waals surface area contributed by atoms with Crippen molar-refractivity contribution in [1.29, 1.82) is 0 Å². The Labute approximate surface area is 94.1 Å². The van der Waals surface area contributed by atoms with Gasteiger partial charge < -0.3 is 4.98 Å². The van der Waals surface area contributed by atoms with E-state index in [1.54, 1.807) is 6.20 Å². The van der Waals surface area contributed by atoms with Crippen LogP contribution in [-0.2, 0) is 5.75 Å². The summed E-state index contributed by atoms with van der Waals surface area (Å²) >= 11 is 1.96. The smallest absolute Gasteiger partial charge is 0.167 e. The monoisotopic (exact) mass is 224 g/mol. The third-order valence-corrected chi connectivity index (χ3v) is 4.17. The van der Waals surface area contributed by atoms with Gasteiger partial charge in [-0.1, -0.05) is 19.3 Å². The Hall–Kier alpha value is -0.770. The largest absolute Gasteiger partial charge is 0.339 e. The molecule has 0 saturated heterocycles. The molecule has 1 N–H and O–H groups in total. The van der Waals surface area contributed by atoms with Crippen LogP contribution in [0.25, 0.3) is 0 Å².